The molecule has 1 atom stereocenters. The summed E-state index contributed by atoms with van der Waals surface area (Å²) in [7, 11) is 2.12. The monoisotopic (exact) mass is 163 g/mol. The molecule has 0 bridgehead atoms. The Morgan fingerprint density at radius 1 is 1.75 bits per heavy atom. The molecule has 0 radical (unpaired) electrons. The average Bonchev–Trinajstić information content (AvgIpc) is 2.52. The minimum Gasteiger partial charge on any atom is -0.299 e. The largest absolute Gasteiger partial charge is 0.299 e. The van der Waals surface area contributed by atoms with E-state index in [0.717, 1.165) is 18.5 Å². The molecule has 1 saturated heterocycles. The van der Waals surface area contributed by atoms with E-state index in [2.05, 4.69) is 16.9 Å². The summed E-state index contributed by atoms with van der Waals surface area (Å²) in [5.41, 5.74) is 1.07. The van der Waals surface area contributed by atoms with Crippen molar-refractivity contribution in [3.05, 3.63) is 30.1 Å². The minimum absolute atomic E-state index is 0.418. The first-order valence-corrected chi connectivity index (χ1v) is 4.41. The van der Waals surface area contributed by atoms with E-state index in [4.69, 9.17) is 1.37 Å². The van der Waals surface area contributed by atoms with E-state index in [9.17, 15) is 0 Å². The Balaban J connectivity index is 2.29. The van der Waals surface area contributed by atoms with Crippen LogP contribution in [0.2, 0.25) is 0 Å². The van der Waals surface area contributed by atoms with Gasteiger partial charge in [0.15, 0.2) is 0 Å². The highest BCUT2D eigenvalue weighted by atomic mass is 15.1. The van der Waals surface area contributed by atoms with Crippen LogP contribution in [0.15, 0.2) is 24.5 Å². The van der Waals surface area contributed by atoms with Crippen LogP contribution >= 0.6 is 0 Å². The second-order valence-corrected chi connectivity index (χ2v) is 3.34. The highest BCUT2D eigenvalue weighted by Crippen LogP contribution is 2.29. The molecule has 64 valence electrons. The summed E-state index contributed by atoms with van der Waals surface area (Å²) in [6.07, 6.45) is 4.51. The highest BCUT2D eigenvalue weighted by molar-refractivity contribution is 5.14. The number of hydrogen-bond donors (Lipinski definition) is 0. The van der Waals surface area contributed by atoms with Gasteiger partial charge in [-0.15, -0.1) is 0 Å². The SMILES string of the molecule is [2H]c1ncccc1[C@@H]1CCCN1C. The van der Waals surface area contributed by atoms with Crippen molar-refractivity contribution in [3.63, 3.8) is 0 Å². The lowest BCUT2D eigenvalue weighted by Gasteiger charge is -2.18. The molecule has 2 rings (SSSR count). The van der Waals surface area contributed by atoms with Gasteiger partial charge >= 0.3 is 0 Å². The van der Waals surface area contributed by atoms with Crippen molar-refractivity contribution >= 4 is 0 Å². The smallest absolute Gasteiger partial charge is 0.0843 e. The molecule has 2 heterocycles. The first kappa shape index (κ1) is 6.61. The van der Waals surface area contributed by atoms with Crippen molar-refractivity contribution in [1.29, 1.82) is 0 Å². The number of nitrogens with zero attached hydrogens (tertiary/aromatic N) is 2. The molecule has 2 heteroatoms. The maximum atomic E-state index is 7.69. The van der Waals surface area contributed by atoms with E-state index in [1.807, 2.05) is 12.1 Å². The summed E-state index contributed by atoms with van der Waals surface area (Å²) >= 11 is 0. The van der Waals surface area contributed by atoms with Gasteiger partial charge in [-0.2, -0.15) is 0 Å². The second kappa shape index (κ2) is 3.23. The van der Waals surface area contributed by atoms with E-state index in [-0.39, 0.29) is 0 Å². The summed E-state index contributed by atoms with van der Waals surface area (Å²) < 4.78 is 7.69. The van der Waals surface area contributed by atoms with Crippen LogP contribution in [0.25, 0.3) is 0 Å². The van der Waals surface area contributed by atoms with Gasteiger partial charge in [-0.1, -0.05) is 6.07 Å². The van der Waals surface area contributed by atoms with Gasteiger partial charge in [0.25, 0.3) is 0 Å². The van der Waals surface area contributed by atoms with Gasteiger partial charge in [0.05, 0.1) is 1.37 Å². The highest BCUT2D eigenvalue weighted by Gasteiger charge is 2.21. The lowest BCUT2D eigenvalue weighted by atomic mass is 10.1. The molecule has 1 aromatic heterocycles. The van der Waals surface area contributed by atoms with Gasteiger partial charge in [0.1, 0.15) is 0 Å². The number of rotatable bonds is 1. The molecule has 0 aliphatic carbocycles. The molecule has 1 fully saturated rings. The molecule has 0 spiro atoms. The molecule has 1 aromatic rings. The van der Waals surface area contributed by atoms with E-state index >= 15 is 0 Å². The quantitative estimate of drug-likeness (QED) is 0.628. The fraction of sp³-hybridized carbons (Fsp3) is 0.500. The second-order valence-electron chi connectivity index (χ2n) is 3.34. The Labute approximate surface area is 74.6 Å². The zero-order valence-electron chi connectivity index (χ0n) is 8.33. The van der Waals surface area contributed by atoms with Gasteiger partial charge in [-0.25, -0.2) is 0 Å². The third-order valence-corrected chi connectivity index (χ3v) is 2.51. The molecule has 0 amide bonds. The van der Waals surface area contributed by atoms with Crippen molar-refractivity contribution in [2.75, 3.05) is 13.6 Å². The van der Waals surface area contributed by atoms with Crippen LogP contribution in [0.5, 0.6) is 0 Å². The fourth-order valence-corrected chi connectivity index (χ4v) is 1.83. The van der Waals surface area contributed by atoms with Crippen LogP contribution < -0.4 is 0 Å². The summed E-state index contributed by atoms with van der Waals surface area (Å²) in [6.45, 7) is 1.14. The van der Waals surface area contributed by atoms with Crippen LogP contribution in [-0.2, 0) is 0 Å². The molecule has 1 aliphatic heterocycles. The van der Waals surface area contributed by atoms with Crippen LogP contribution in [0.4, 0.5) is 0 Å². The Kier molecular flexibility index (Phi) is 1.78. The van der Waals surface area contributed by atoms with Gasteiger partial charge in [0.2, 0.25) is 0 Å². The fourth-order valence-electron chi connectivity index (χ4n) is 1.83. The Hall–Kier alpha value is -0.890. The van der Waals surface area contributed by atoms with Crippen LogP contribution in [0.3, 0.4) is 0 Å². The number of aromatic nitrogens is 1. The van der Waals surface area contributed by atoms with Gasteiger partial charge < -0.3 is 0 Å². The molecular weight excluding hydrogens is 148 g/mol. The van der Waals surface area contributed by atoms with E-state index in [0.29, 0.717) is 12.2 Å². The van der Waals surface area contributed by atoms with E-state index < -0.39 is 0 Å². The van der Waals surface area contributed by atoms with Crippen molar-refractivity contribution in [3.8, 4) is 0 Å². The van der Waals surface area contributed by atoms with Crippen molar-refractivity contribution in [2.45, 2.75) is 18.9 Å². The predicted octanol–water partition coefficient (Wildman–Crippen LogP) is 1.85. The molecule has 0 unspecified atom stereocenters. The summed E-state index contributed by atoms with van der Waals surface area (Å²) in [6, 6.07) is 4.35. The van der Waals surface area contributed by atoms with Gasteiger partial charge in [-0.3, -0.25) is 9.88 Å². The summed E-state index contributed by atoms with van der Waals surface area (Å²) in [5, 5.41) is 0. The van der Waals surface area contributed by atoms with Crippen molar-refractivity contribution in [2.24, 2.45) is 0 Å². The predicted molar refractivity (Wildman–Crippen MR) is 48.8 cm³/mol. The third kappa shape index (κ3) is 1.34. The lowest BCUT2D eigenvalue weighted by molar-refractivity contribution is 0.317. The molecule has 0 N–H and O–H groups in total. The first-order chi connectivity index (χ1) is 6.29. The molecule has 0 saturated carbocycles. The average molecular weight is 163 g/mol. The maximum Gasteiger partial charge on any atom is 0.0843 e. The number of hydrogen-bond acceptors (Lipinski definition) is 2. The zero-order chi connectivity index (χ0) is 9.26. The molecule has 2 nitrogen and oxygen atoms in total. The standard InChI is InChI=1S/C10H14N2/c1-12-7-3-5-10(12)9-4-2-6-11-8-9/h2,4,6,8,10H,3,5,7H2,1H3/t10-/m0/s1/i8D. The van der Waals surface area contributed by atoms with Crippen molar-refractivity contribution in [1.82, 2.24) is 9.88 Å². The van der Waals surface area contributed by atoms with Crippen LogP contribution in [-0.4, -0.2) is 23.5 Å². The zero-order valence-corrected chi connectivity index (χ0v) is 7.33. The number of likely N-dealkylation sites (tertiary alicyclic amines) is 1. The van der Waals surface area contributed by atoms with E-state index in [1.54, 1.807) is 6.20 Å². The Bertz CT molecular complexity index is 301. The van der Waals surface area contributed by atoms with Crippen LogP contribution in [0, 0.1) is 0 Å². The Morgan fingerprint density at radius 3 is 3.33 bits per heavy atom. The molecule has 12 heavy (non-hydrogen) atoms. The third-order valence-electron chi connectivity index (χ3n) is 2.51. The number of pyridine rings is 1. The van der Waals surface area contributed by atoms with Gasteiger partial charge in [-0.05, 0) is 38.1 Å². The van der Waals surface area contributed by atoms with Gasteiger partial charge in [0, 0.05) is 18.4 Å². The molecular formula is C10H14N2. The van der Waals surface area contributed by atoms with Crippen molar-refractivity contribution < 1.29 is 1.37 Å². The van der Waals surface area contributed by atoms with Crippen LogP contribution in [0.1, 0.15) is 25.8 Å². The Morgan fingerprint density at radius 2 is 2.67 bits per heavy atom. The normalized spacial score (nSPS) is 25.8. The molecule has 1 aliphatic rings. The topological polar surface area (TPSA) is 16.1 Å². The summed E-state index contributed by atoms with van der Waals surface area (Å²) in [4.78, 5) is 6.30. The first-order valence-electron chi connectivity index (χ1n) is 4.91. The maximum absolute atomic E-state index is 7.69. The summed E-state index contributed by atoms with van der Waals surface area (Å²) in [5.74, 6) is 0. The lowest BCUT2D eigenvalue weighted by Crippen LogP contribution is -2.17. The minimum atomic E-state index is 0.418. The van der Waals surface area contributed by atoms with E-state index in [1.165, 1.54) is 6.42 Å². The molecule has 0 aromatic carbocycles.